The maximum atomic E-state index is 4.27. The number of aryl methyl sites for hydroxylation is 1. The first-order valence-corrected chi connectivity index (χ1v) is 8.95. The summed E-state index contributed by atoms with van der Waals surface area (Å²) in [4.78, 5) is 9.79. The minimum atomic E-state index is 0. The van der Waals surface area contributed by atoms with Gasteiger partial charge in [0.1, 0.15) is 0 Å². The van der Waals surface area contributed by atoms with Crippen molar-refractivity contribution in [3.63, 3.8) is 0 Å². The highest BCUT2D eigenvalue weighted by atomic mass is 127. The molecule has 2 rings (SSSR count). The number of aliphatic imine (C=N–C) groups is 1. The van der Waals surface area contributed by atoms with Gasteiger partial charge in [-0.1, -0.05) is 32.1 Å². The van der Waals surface area contributed by atoms with Crippen molar-refractivity contribution >= 4 is 41.3 Å². The Morgan fingerprint density at radius 2 is 2.09 bits per heavy atom. The highest BCUT2D eigenvalue weighted by Gasteiger charge is 2.12. The van der Waals surface area contributed by atoms with Crippen molar-refractivity contribution in [3.8, 4) is 0 Å². The Balaban J connectivity index is 0.00000242. The Labute approximate surface area is 155 Å². The Bertz CT molecular complexity index is 441. The molecule has 6 heteroatoms. The molecule has 1 saturated carbocycles. The number of guanidine groups is 1. The molecule has 0 aromatic carbocycles. The highest BCUT2D eigenvalue weighted by Crippen LogP contribution is 2.26. The lowest BCUT2D eigenvalue weighted by Gasteiger charge is -2.21. The molecule has 0 radical (unpaired) electrons. The Hall–Kier alpha value is -0.370. The van der Waals surface area contributed by atoms with Crippen LogP contribution in [0, 0.1) is 12.8 Å². The third-order valence-corrected chi connectivity index (χ3v) is 5.04. The summed E-state index contributed by atoms with van der Waals surface area (Å²) in [5.74, 6) is 1.86. The molecule has 4 nitrogen and oxygen atoms in total. The van der Waals surface area contributed by atoms with Gasteiger partial charge in [0.25, 0.3) is 0 Å². The van der Waals surface area contributed by atoms with Crippen molar-refractivity contribution in [3.05, 3.63) is 16.1 Å². The minimum Gasteiger partial charge on any atom is -0.356 e. The summed E-state index contributed by atoms with van der Waals surface area (Å²) in [6.07, 6.45) is 11.7. The first-order chi connectivity index (χ1) is 10.3. The van der Waals surface area contributed by atoms with Crippen molar-refractivity contribution in [1.82, 2.24) is 15.6 Å². The fraction of sp³-hybridized carbons (Fsp3) is 0.750. The summed E-state index contributed by atoms with van der Waals surface area (Å²) in [6, 6.07) is 0. The SMILES string of the molecule is CN=C(NCCCC1CCCCC1)NCc1cnc(C)s1.I. The van der Waals surface area contributed by atoms with E-state index in [0.29, 0.717) is 0 Å². The van der Waals surface area contributed by atoms with Gasteiger partial charge >= 0.3 is 0 Å². The van der Waals surface area contributed by atoms with E-state index in [9.17, 15) is 0 Å². The number of nitrogens with zero attached hydrogens (tertiary/aromatic N) is 2. The van der Waals surface area contributed by atoms with Crippen LogP contribution < -0.4 is 10.6 Å². The molecule has 1 aromatic rings. The molecule has 1 aliphatic carbocycles. The van der Waals surface area contributed by atoms with Gasteiger partial charge in [-0.05, 0) is 25.7 Å². The minimum absolute atomic E-state index is 0. The molecular formula is C16H29IN4S. The van der Waals surface area contributed by atoms with Gasteiger partial charge in [0.2, 0.25) is 0 Å². The van der Waals surface area contributed by atoms with Crippen LogP contribution >= 0.6 is 35.3 Å². The van der Waals surface area contributed by atoms with E-state index < -0.39 is 0 Å². The van der Waals surface area contributed by atoms with Crippen LogP contribution in [0.2, 0.25) is 0 Å². The Morgan fingerprint density at radius 1 is 1.32 bits per heavy atom. The molecule has 1 aromatic heterocycles. The summed E-state index contributed by atoms with van der Waals surface area (Å²) >= 11 is 1.73. The molecular weight excluding hydrogens is 407 g/mol. The zero-order valence-corrected chi connectivity index (χ0v) is 16.9. The van der Waals surface area contributed by atoms with E-state index in [1.54, 1.807) is 11.3 Å². The van der Waals surface area contributed by atoms with Crippen LogP contribution in [0.3, 0.4) is 0 Å². The van der Waals surface area contributed by atoms with Gasteiger partial charge in [-0.25, -0.2) is 4.98 Å². The van der Waals surface area contributed by atoms with E-state index in [0.717, 1.165) is 30.0 Å². The molecule has 0 saturated heterocycles. The summed E-state index contributed by atoms with van der Waals surface area (Å²) in [5.41, 5.74) is 0. The first kappa shape index (κ1) is 19.7. The molecule has 1 heterocycles. The van der Waals surface area contributed by atoms with Crippen LogP contribution in [0.25, 0.3) is 0 Å². The monoisotopic (exact) mass is 436 g/mol. The fourth-order valence-electron chi connectivity index (χ4n) is 2.95. The fourth-order valence-corrected chi connectivity index (χ4v) is 3.69. The van der Waals surface area contributed by atoms with E-state index in [4.69, 9.17) is 0 Å². The number of aromatic nitrogens is 1. The molecule has 0 bridgehead atoms. The Kier molecular flexibility index (Phi) is 10.0. The lowest BCUT2D eigenvalue weighted by Crippen LogP contribution is -2.37. The number of thiazole rings is 1. The average molecular weight is 436 g/mol. The van der Waals surface area contributed by atoms with Gasteiger partial charge in [0.05, 0.1) is 11.6 Å². The quantitative estimate of drug-likeness (QED) is 0.306. The lowest BCUT2D eigenvalue weighted by atomic mass is 9.86. The number of hydrogen-bond donors (Lipinski definition) is 2. The topological polar surface area (TPSA) is 49.3 Å². The molecule has 126 valence electrons. The van der Waals surface area contributed by atoms with E-state index in [1.165, 1.54) is 49.8 Å². The van der Waals surface area contributed by atoms with Crippen LogP contribution in [-0.4, -0.2) is 24.5 Å². The summed E-state index contributed by atoms with van der Waals surface area (Å²) in [7, 11) is 1.83. The summed E-state index contributed by atoms with van der Waals surface area (Å²) in [6.45, 7) is 3.85. The van der Waals surface area contributed by atoms with Gasteiger partial charge in [-0.3, -0.25) is 4.99 Å². The van der Waals surface area contributed by atoms with E-state index >= 15 is 0 Å². The standard InChI is InChI=1S/C16H28N4S.HI/c1-13-19-11-15(21-13)12-20-16(17-2)18-10-6-9-14-7-4-3-5-8-14;/h11,14H,3-10,12H2,1-2H3,(H2,17,18,20);1H. The molecule has 0 unspecified atom stereocenters. The maximum absolute atomic E-state index is 4.27. The van der Waals surface area contributed by atoms with Crippen molar-refractivity contribution in [1.29, 1.82) is 0 Å². The second-order valence-electron chi connectivity index (χ2n) is 5.84. The van der Waals surface area contributed by atoms with Gasteiger partial charge < -0.3 is 10.6 Å². The second kappa shape index (κ2) is 11.2. The molecule has 0 amide bonds. The third kappa shape index (κ3) is 7.26. The largest absolute Gasteiger partial charge is 0.356 e. The predicted molar refractivity (Wildman–Crippen MR) is 106 cm³/mol. The molecule has 22 heavy (non-hydrogen) atoms. The number of rotatable bonds is 6. The molecule has 0 aliphatic heterocycles. The number of halogens is 1. The molecule has 1 fully saturated rings. The predicted octanol–water partition coefficient (Wildman–Crippen LogP) is 4.10. The van der Waals surface area contributed by atoms with Crippen LogP contribution in [0.5, 0.6) is 0 Å². The second-order valence-corrected chi connectivity index (χ2v) is 7.16. The van der Waals surface area contributed by atoms with E-state index in [-0.39, 0.29) is 24.0 Å². The first-order valence-electron chi connectivity index (χ1n) is 8.13. The van der Waals surface area contributed by atoms with Crippen LogP contribution in [0.1, 0.15) is 54.8 Å². The molecule has 2 N–H and O–H groups in total. The van der Waals surface area contributed by atoms with Crippen LogP contribution in [-0.2, 0) is 6.54 Å². The van der Waals surface area contributed by atoms with Gasteiger partial charge in [0.15, 0.2) is 5.96 Å². The summed E-state index contributed by atoms with van der Waals surface area (Å²) in [5, 5.41) is 7.87. The zero-order valence-electron chi connectivity index (χ0n) is 13.7. The maximum Gasteiger partial charge on any atom is 0.191 e. The van der Waals surface area contributed by atoms with E-state index in [1.807, 2.05) is 20.2 Å². The van der Waals surface area contributed by atoms with Crippen molar-refractivity contribution in [2.24, 2.45) is 10.9 Å². The van der Waals surface area contributed by atoms with Crippen molar-refractivity contribution in [2.45, 2.75) is 58.4 Å². The normalized spacial score (nSPS) is 16.2. The van der Waals surface area contributed by atoms with Gasteiger partial charge in [-0.15, -0.1) is 35.3 Å². The van der Waals surface area contributed by atoms with Crippen LogP contribution in [0.15, 0.2) is 11.2 Å². The number of hydrogen-bond acceptors (Lipinski definition) is 3. The number of nitrogens with one attached hydrogen (secondary N) is 2. The molecule has 0 spiro atoms. The van der Waals surface area contributed by atoms with Crippen molar-refractivity contribution < 1.29 is 0 Å². The van der Waals surface area contributed by atoms with Crippen molar-refractivity contribution in [2.75, 3.05) is 13.6 Å². The lowest BCUT2D eigenvalue weighted by molar-refractivity contribution is 0.332. The molecule has 0 atom stereocenters. The highest BCUT2D eigenvalue weighted by molar-refractivity contribution is 14.0. The van der Waals surface area contributed by atoms with Gasteiger partial charge in [-0.2, -0.15) is 0 Å². The smallest absolute Gasteiger partial charge is 0.191 e. The van der Waals surface area contributed by atoms with E-state index in [2.05, 4.69) is 20.6 Å². The Morgan fingerprint density at radius 3 is 2.73 bits per heavy atom. The average Bonchev–Trinajstić information content (AvgIpc) is 2.93. The zero-order chi connectivity index (χ0) is 14.9. The van der Waals surface area contributed by atoms with Crippen LogP contribution in [0.4, 0.5) is 0 Å². The third-order valence-electron chi connectivity index (χ3n) is 4.13. The summed E-state index contributed by atoms with van der Waals surface area (Å²) < 4.78 is 0. The molecule has 1 aliphatic rings. The van der Waals surface area contributed by atoms with Gasteiger partial charge in [0, 0.05) is 24.7 Å².